The lowest BCUT2D eigenvalue weighted by atomic mass is 10.3. The van der Waals surface area contributed by atoms with Gasteiger partial charge >= 0.3 is 0 Å². The van der Waals surface area contributed by atoms with Crippen molar-refractivity contribution in [2.75, 3.05) is 7.11 Å². The lowest BCUT2D eigenvalue weighted by Crippen LogP contribution is -1.92. The van der Waals surface area contributed by atoms with E-state index in [0.29, 0.717) is 10.9 Å². The Labute approximate surface area is 86.7 Å². The third-order valence-corrected chi connectivity index (χ3v) is 2.14. The molecule has 0 saturated carbocycles. The predicted octanol–water partition coefficient (Wildman–Crippen LogP) is 2.60. The van der Waals surface area contributed by atoms with Crippen molar-refractivity contribution in [1.82, 2.24) is 9.97 Å². The van der Waals surface area contributed by atoms with Gasteiger partial charge in [-0.05, 0) is 19.1 Å². The van der Waals surface area contributed by atoms with Gasteiger partial charge in [0.15, 0.2) is 0 Å². The molecule has 72 valence electrons. The van der Waals surface area contributed by atoms with Crippen LogP contribution in [0, 0.1) is 6.92 Å². The first-order valence-electron chi connectivity index (χ1n) is 4.18. The summed E-state index contributed by atoms with van der Waals surface area (Å²) in [5, 5.41) is 0.417. The summed E-state index contributed by atoms with van der Waals surface area (Å²) >= 11 is 5.82. The van der Waals surface area contributed by atoms with Crippen molar-refractivity contribution in [3.8, 4) is 5.75 Å². The average molecular weight is 209 g/mol. The Morgan fingerprint density at radius 1 is 1.29 bits per heavy atom. The molecule has 2 heterocycles. The van der Waals surface area contributed by atoms with Gasteiger partial charge in [0, 0.05) is 11.8 Å². The van der Waals surface area contributed by atoms with Gasteiger partial charge in [-0.15, -0.1) is 0 Å². The SMILES string of the molecule is COc1cc(Cl)nc2ccc(C)nc12. The molecule has 2 aromatic rings. The van der Waals surface area contributed by atoms with Gasteiger partial charge in [0.25, 0.3) is 0 Å². The van der Waals surface area contributed by atoms with Crippen LogP contribution in [0.25, 0.3) is 11.0 Å². The molecule has 0 bridgehead atoms. The molecule has 2 aromatic heterocycles. The average Bonchev–Trinajstić information content (AvgIpc) is 2.17. The Balaban J connectivity index is 2.81. The number of ether oxygens (including phenoxy) is 1. The van der Waals surface area contributed by atoms with Crippen molar-refractivity contribution >= 4 is 22.6 Å². The zero-order chi connectivity index (χ0) is 10.1. The monoisotopic (exact) mass is 208 g/mol. The smallest absolute Gasteiger partial charge is 0.149 e. The lowest BCUT2D eigenvalue weighted by molar-refractivity contribution is 0.418. The fourth-order valence-corrected chi connectivity index (χ4v) is 1.49. The Kier molecular flexibility index (Phi) is 2.25. The molecule has 3 nitrogen and oxygen atoms in total. The van der Waals surface area contributed by atoms with Crippen LogP contribution in [0.5, 0.6) is 5.75 Å². The van der Waals surface area contributed by atoms with Gasteiger partial charge in [-0.1, -0.05) is 11.6 Å². The van der Waals surface area contributed by atoms with E-state index in [1.165, 1.54) is 0 Å². The molecular weight excluding hydrogens is 200 g/mol. The van der Waals surface area contributed by atoms with Crippen LogP contribution in [0.1, 0.15) is 5.69 Å². The minimum Gasteiger partial charge on any atom is -0.494 e. The Bertz CT molecular complexity index is 485. The largest absolute Gasteiger partial charge is 0.494 e. The summed E-state index contributed by atoms with van der Waals surface area (Å²) in [6.45, 7) is 1.92. The lowest BCUT2D eigenvalue weighted by Gasteiger charge is -2.05. The molecule has 2 rings (SSSR count). The second kappa shape index (κ2) is 3.42. The fourth-order valence-electron chi connectivity index (χ4n) is 1.30. The van der Waals surface area contributed by atoms with Gasteiger partial charge in [-0.2, -0.15) is 0 Å². The van der Waals surface area contributed by atoms with Crippen LogP contribution in [0.4, 0.5) is 0 Å². The molecule has 0 unspecified atom stereocenters. The summed E-state index contributed by atoms with van der Waals surface area (Å²) in [6.07, 6.45) is 0. The maximum absolute atomic E-state index is 5.82. The number of fused-ring (bicyclic) bond motifs is 1. The van der Waals surface area contributed by atoms with E-state index in [1.807, 2.05) is 19.1 Å². The number of nitrogens with zero attached hydrogens (tertiary/aromatic N) is 2. The van der Waals surface area contributed by atoms with Gasteiger partial charge in [0.2, 0.25) is 0 Å². The van der Waals surface area contributed by atoms with E-state index in [2.05, 4.69) is 9.97 Å². The summed E-state index contributed by atoms with van der Waals surface area (Å²) in [5.41, 5.74) is 2.43. The molecule has 0 radical (unpaired) electrons. The first kappa shape index (κ1) is 9.21. The van der Waals surface area contributed by atoms with E-state index < -0.39 is 0 Å². The molecule has 14 heavy (non-hydrogen) atoms. The summed E-state index contributed by atoms with van der Waals surface area (Å²) < 4.78 is 5.18. The zero-order valence-corrected chi connectivity index (χ0v) is 8.67. The Morgan fingerprint density at radius 2 is 2.07 bits per heavy atom. The van der Waals surface area contributed by atoms with Crippen molar-refractivity contribution in [2.45, 2.75) is 6.92 Å². The summed E-state index contributed by atoms with van der Waals surface area (Å²) in [6, 6.07) is 5.44. The molecule has 0 atom stereocenters. The van der Waals surface area contributed by atoms with Crippen LogP contribution < -0.4 is 4.74 Å². The normalized spacial score (nSPS) is 10.5. The molecule has 4 heteroatoms. The molecule has 0 saturated heterocycles. The molecule has 0 aliphatic rings. The topological polar surface area (TPSA) is 35.0 Å². The Morgan fingerprint density at radius 3 is 2.79 bits per heavy atom. The van der Waals surface area contributed by atoms with Crippen LogP contribution in [0.2, 0.25) is 5.15 Å². The molecule has 0 N–H and O–H groups in total. The van der Waals surface area contributed by atoms with Crippen molar-refractivity contribution in [2.24, 2.45) is 0 Å². The summed E-state index contributed by atoms with van der Waals surface area (Å²) in [5.74, 6) is 0.656. The number of halogens is 1. The van der Waals surface area contributed by atoms with Crippen molar-refractivity contribution in [3.05, 3.63) is 29.0 Å². The van der Waals surface area contributed by atoms with Crippen molar-refractivity contribution < 1.29 is 4.74 Å². The third kappa shape index (κ3) is 1.51. The minimum absolute atomic E-state index is 0.417. The number of aromatic nitrogens is 2. The number of rotatable bonds is 1. The Hall–Kier alpha value is -1.35. The van der Waals surface area contributed by atoms with Crippen LogP contribution in [0.3, 0.4) is 0 Å². The zero-order valence-electron chi connectivity index (χ0n) is 7.91. The molecule has 0 fully saturated rings. The quantitative estimate of drug-likeness (QED) is 0.676. The van der Waals surface area contributed by atoms with Gasteiger partial charge in [0.1, 0.15) is 16.4 Å². The maximum Gasteiger partial charge on any atom is 0.149 e. The molecule has 0 amide bonds. The molecule has 0 spiro atoms. The molecule has 0 aromatic carbocycles. The highest BCUT2D eigenvalue weighted by atomic mass is 35.5. The number of methoxy groups -OCH3 is 1. The highest BCUT2D eigenvalue weighted by Crippen LogP contribution is 2.25. The molecule has 0 aliphatic carbocycles. The van der Waals surface area contributed by atoms with E-state index in [0.717, 1.165) is 16.7 Å². The van der Waals surface area contributed by atoms with Gasteiger partial charge < -0.3 is 4.74 Å². The standard InChI is InChI=1S/C10H9ClN2O/c1-6-3-4-7-10(12-6)8(14-2)5-9(11)13-7/h3-5H,1-2H3. The van der Waals surface area contributed by atoms with E-state index in [4.69, 9.17) is 16.3 Å². The third-order valence-electron chi connectivity index (χ3n) is 1.94. The van der Waals surface area contributed by atoms with Gasteiger partial charge in [-0.25, -0.2) is 9.97 Å². The highest BCUT2D eigenvalue weighted by molar-refractivity contribution is 6.30. The van der Waals surface area contributed by atoms with Crippen LogP contribution >= 0.6 is 11.6 Å². The first-order valence-corrected chi connectivity index (χ1v) is 4.56. The highest BCUT2D eigenvalue weighted by Gasteiger charge is 2.06. The fraction of sp³-hybridized carbons (Fsp3) is 0.200. The van der Waals surface area contributed by atoms with E-state index in [1.54, 1.807) is 13.2 Å². The summed E-state index contributed by atoms with van der Waals surface area (Å²) in [4.78, 5) is 8.49. The van der Waals surface area contributed by atoms with Crippen molar-refractivity contribution in [1.29, 1.82) is 0 Å². The first-order chi connectivity index (χ1) is 6.70. The number of aryl methyl sites for hydroxylation is 1. The van der Waals surface area contributed by atoms with E-state index in [9.17, 15) is 0 Å². The van der Waals surface area contributed by atoms with Gasteiger partial charge in [-0.3, -0.25) is 0 Å². The summed E-state index contributed by atoms with van der Waals surface area (Å²) in [7, 11) is 1.59. The van der Waals surface area contributed by atoms with Crippen LogP contribution in [-0.4, -0.2) is 17.1 Å². The van der Waals surface area contributed by atoms with Crippen LogP contribution in [0.15, 0.2) is 18.2 Å². The van der Waals surface area contributed by atoms with E-state index >= 15 is 0 Å². The maximum atomic E-state index is 5.82. The van der Waals surface area contributed by atoms with Gasteiger partial charge in [0.05, 0.1) is 12.6 Å². The molecule has 0 aliphatic heterocycles. The van der Waals surface area contributed by atoms with E-state index in [-0.39, 0.29) is 0 Å². The minimum atomic E-state index is 0.417. The number of hydrogen-bond acceptors (Lipinski definition) is 3. The molecular formula is C10H9ClN2O. The van der Waals surface area contributed by atoms with Crippen LogP contribution in [-0.2, 0) is 0 Å². The second-order valence-electron chi connectivity index (χ2n) is 2.97. The predicted molar refractivity (Wildman–Crippen MR) is 55.8 cm³/mol. The second-order valence-corrected chi connectivity index (χ2v) is 3.35. The number of pyridine rings is 2. The van der Waals surface area contributed by atoms with Crippen molar-refractivity contribution in [3.63, 3.8) is 0 Å². The number of hydrogen-bond donors (Lipinski definition) is 0.